The summed E-state index contributed by atoms with van der Waals surface area (Å²) in [6.07, 6.45) is 3.50. The van der Waals surface area contributed by atoms with Gasteiger partial charge in [-0.2, -0.15) is 0 Å². The molecule has 0 radical (unpaired) electrons. The van der Waals surface area contributed by atoms with Crippen LogP contribution in [-0.2, 0) is 6.42 Å². The van der Waals surface area contributed by atoms with Gasteiger partial charge < -0.3 is 9.80 Å². The van der Waals surface area contributed by atoms with Crippen molar-refractivity contribution in [2.45, 2.75) is 25.2 Å². The number of amides is 1. The zero-order valence-corrected chi connectivity index (χ0v) is 20.0. The van der Waals surface area contributed by atoms with Crippen molar-refractivity contribution in [3.05, 3.63) is 107 Å². The Bertz CT molecular complexity index is 1110. The Labute approximate surface area is 206 Å². The summed E-state index contributed by atoms with van der Waals surface area (Å²) in [5, 5.41) is 0. The Morgan fingerprint density at radius 1 is 0.800 bits per heavy atom. The van der Waals surface area contributed by atoms with Crippen molar-refractivity contribution in [3.63, 3.8) is 0 Å². The Balaban J connectivity index is 1.25. The molecule has 35 heavy (non-hydrogen) atoms. The van der Waals surface area contributed by atoms with Gasteiger partial charge in [0.05, 0.1) is 0 Å². The molecule has 2 fully saturated rings. The molecule has 0 saturated carbocycles. The Morgan fingerprint density at radius 2 is 1.43 bits per heavy atom. The molecule has 2 saturated heterocycles. The van der Waals surface area contributed by atoms with Crippen LogP contribution in [0.3, 0.4) is 0 Å². The molecule has 0 N–H and O–H groups in total. The molecular weight excluding hydrogens is 442 g/mol. The van der Waals surface area contributed by atoms with E-state index in [0.717, 1.165) is 31.6 Å². The van der Waals surface area contributed by atoms with Gasteiger partial charge >= 0.3 is 0 Å². The molecule has 3 aromatic rings. The van der Waals surface area contributed by atoms with E-state index < -0.39 is 0 Å². The van der Waals surface area contributed by atoms with Gasteiger partial charge in [-0.1, -0.05) is 42.5 Å². The van der Waals surface area contributed by atoms with Gasteiger partial charge in [-0.15, -0.1) is 0 Å². The van der Waals surface area contributed by atoms with Gasteiger partial charge in [0, 0.05) is 31.1 Å². The minimum Gasteiger partial charge on any atom is -0.338 e. The summed E-state index contributed by atoms with van der Waals surface area (Å²) in [4.78, 5) is 17.6. The summed E-state index contributed by atoms with van der Waals surface area (Å²) < 4.78 is 26.9. The summed E-state index contributed by atoms with van der Waals surface area (Å²) in [6, 6.07) is 23.2. The minimum atomic E-state index is -0.347. The van der Waals surface area contributed by atoms with Crippen molar-refractivity contribution in [1.29, 1.82) is 0 Å². The third-order valence-electron chi connectivity index (χ3n) is 7.68. The number of piperidine rings is 1. The highest BCUT2D eigenvalue weighted by atomic mass is 19.1. The normalized spacial score (nSPS) is 21.4. The predicted molar refractivity (Wildman–Crippen MR) is 134 cm³/mol. The number of hydrogen-bond acceptors (Lipinski definition) is 2. The van der Waals surface area contributed by atoms with E-state index in [4.69, 9.17) is 0 Å². The molecule has 182 valence electrons. The first-order valence-electron chi connectivity index (χ1n) is 12.6. The van der Waals surface area contributed by atoms with Crippen molar-refractivity contribution < 1.29 is 13.6 Å². The quantitative estimate of drug-likeness (QED) is 0.453. The lowest BCUT2D eigenvalue weighted by Crippen LogP contribution is -2.39. The molecule has 5 rings (SSSR count). The zero-order valence-electron chi connectivity index (χ0n) is 20.0. The maximum atomic E-state index is 13.6. The van der Waals surface area contributed by atoms with Crippen LogP contribution in [0, 0.1) is 23.5 Å². The molecule has 3 aromatic carbocycles. The SMILES string of the molecule is O=C(c1ccc(F)cc1)N1C[C@@H](CN2CCC(Cc3ccccc3)CC2)[C@H](c2ccc(F)cc2)C1. The fourth-order valence-electron chi connectivity index (χ4n) is 5.74. The van der Waals surface area contributed by atoms with Crippen LogP contribution in [-0.4, -0.2) is 48.4 Å². The summed E-state index contributed by atoms with van der Waals surface area (Å²) in [5.74, 6) is 0.476. The van der Waals surface area contributed by atoms with E-state index in [9.17, 15) is 13.6 Å². The highest BCUT2D eigenvalue weighted by Crippen LogP contribution is 2.35. The van der Waals surface area contributed by atoms with Crippen molar-refractivity contribution >= 4 is 5.91 Å². The molecule has 2 heterocycles. The highest BCUT2D eigenvalue weighted by Gasteiger charge is 2.38. The number of benzene rings is 3. The van der Waals surface area contributed by atoms with Crippen LogP contribution in [0.1, 0.15) is 40.2 Å². The Hall–Kier alpha value is -3.05. The molecule has 0 unspecified atom stereocenters. The lowest BCUT2D eigenvalue weighted by molar-refractivity contribution is 0.0780. The van der Waals surface area contributed by atoms with Gasteiger partial charge in [-0.25, -0.2) is 8.78 Å². The van der Waals surface area contributed by atoms with Gasteiger partial charge in [0.25, 0.3) is 5.91 Å². The third-order valence-corrected chi connectivity index (χ3v) is 7.68. The second kappa shape index (κ2) is 10.7. The molecule has 0 spiro atoms. The van der Waals surface area contributed by atoms with Crippen molar-refractivity contribution in [3.8, 4) is 0 Å². The zero-order chi connectivity index (χ0) is 24.2. The fourth-order valence-corrected chi connectivity index (χ4v) is 5.74. The summed E-state index contributed by atoms with van der Waals surface area (Å²) >= 11 is 0. The number of nitrogens with zero attached hydrogens (tertiary/aromatic N) is 2. The van der Waals surface area contributed by atoms with Gasteiger partial charge in [0.2, 0.25) is 0 Å². The predicted octanol–water partition coefficient (Wildman–Crippen LogP) is 5.78. The molecule has 5 heteroatoms. The van der Waals surface area contributed by atoms with E-state index in [1.807, 2.05) is 17.0 Å². The molecule has 0 aromatic heterocycles. The lowest BCUT2D eigenvalue weighted by atomic mass is 9.86. The number of rotatable bonds is 6. The monoisotopic (exact) mass is 474 g/mol. The number of likely N-dealkylation sites (tertiary alicyclic amines) is 2. The van der Waals surface area contributed by atoms with Crippen LogP contribution < -0.4 is 0 Å². The number of carbonyl (C=O) groups is 1. The van der Waals surface area contributed by atoms with E-state index in [1.54, 1.807) is 12.1 Å². The number of halogens is 2. The topological polar surface area (TPSA) is 23.6 Å². The fraction of sp³-hybridized carbons (Fsp3) is 0.367. The average molecular weight is 475 g/mol. The second-order valence-corrected chi connectivity index (χ2v) is 10.1. The van der Waals surface area contributed by atoms with E-state index >= 15 is 0 Å². The van der Waals surface area contributed by atoms with Crippen LogP contribution in [0.5, 0.6) is 0 Å². The molecule has 1 amide bonds. The molecule has 2 aliphatic rings. The first-order chi connectivity index (χ1) is 17.0. The van der Waals surface area contributed by atoms with E-state index in [1.165, 1.54) is 42.7 Å². The second-order valence-electron chi connectivity index (χ2n) is 10.1. The van der Waals surface area contributed by atoms with Crippen LogP contribution >= 0.6 is 0 Å². The molecule has 3 nitrogen and oxygen atoms in total. The number of carbonyl (C=O) groups excluding carboxylic acids is 1. The molecule has 0 aliphatic carbocycles. The maximum Gasteiger partial charge on any atom is 0.253 e. The molecule has 2 aliphatic heterocycles. The van der Waals surface area contributed by atoms with Crippen molar-refractivity contribution in [2.75, 3.05) is 32.7 Å². The molecular formula is C30H32F2N2O. The van der Waals surface area contributed by atoms with E-state index in [0.29, 0.717) is 24.6 Å². The summed E-state index contributed by atoms with van der Waals surface area (Å²) in [5.41, 5.74) is 2.99. The van der Waals surface area contributed by atoms with Gasteiger partial charge in [-0.05, 0) is 91.7 Å². The molecule has 0 bridgehead atoms. The van der Waals surface area contributed by atoms with Gasteiger partial charge in [0.15, 0.2) is 0 Å². The van der Waals surface area contributed by atoms with Crippen LogP contribution in [0.2, 0.25) is 0 Å². The first-order valence-corrected chi connectivity index (χ1v) is 12.6. The average Bonchev–Trinajstić information content (AvgIpc) is 3.30. The van der Waals surface area contributed by atoms with Crippen LogP contribution in [0.15, 0.2) is 78.9 Å². The summed E-state index contributed by atoms with van der Waals surface area (Å²) in [6.45, 7) is 4.30. The van der Waals surface area contributed by atoms with Gasteiger partial charge in [0.1, 0.15) is 11.6 Å². The lowest BCUT2D eigenvalue weighted by Gasteiger charge is -2.34. The first kappa shape index (κ1) is 23.7. The Kier molecular flexibility index (Phi) is 7.24. The number of hydrogen-bond donors (Lipinski definition) is 0. The minimum absolute atomic E-state index is 0.0684. The highest BCUT2D eigenvalue weighted by molar-refractivity contribution is 5.94. The van der Waals surface area contributed by atoms with Crippen molar-refractivity contribution in [1.82, 2.24) is 9.80 Å². The van der Waals surface area contributed by atoms with Crippen LogP contribution in [0.25, 0.3) is 0 Å². The molecule has 2 atom stereocenters. The van der Waals surface area contributed by atoms with Crippen molar-refractivity contribution in [2.24, 2.45) is 11.8 Å². The van der Waals surface area contributed by atoms with Gasteiger partial charge in [-0.3, -0.25) is 4.79 Å². The standard InChI is InChI=1S/C30H32F2N2O/c31-27-10-6-24(7-11-27)29-21-34(30(35)25-8-12-28(32)13-9-25)20-26(29)19-33-16-14-23(15-17-33)18-22-4-2-1-3-5-22/h1-13,23,26,29H,14-21H2/t26-,29+/m1/s1. The van der Waals surface area contributed by atoms with Crippen LogP contribution in [0.4, 0.5) is 8.78 Å². The largest absolute Gasteiger partial charge is 0.338 e. The third kappa shape index (κ3) is 5.79. The summed E-state index contributed by atoms with van der Waals surface area (Å²) in [7, 11) is 0. The maximum absolute atomic E-state index is 13.6. The van der Waals surface area contributed by atoms with E-state index in [2.05, 4.69) is 35.2 Å². The smallest absolute Gasteiger partial charge is 0.253 e. The van der Waals surface area contributed by atoms with E-state index in [-0.39, 0.29) is 29.4 Å². The Morgan fingerprint density at radius 3 is 2.09 bits per heavy atom.